The number of thioether (sulfide) groups is 1. The van der Waals surface area contributed by atoms with E-state index in [9.17, 15) is 4.79 Å². The number of hydrogen-bond donors (Lipinski definition) is 0. The molecule has 4 rings (SSSR count). The van der Waals surface area contributed by atoms with E-state index in [1.165, 1.54) is 21.6 Å². The van der Waals surface area contributed by atoms with Crippen molar-refractivity contribution in [3.8, 4) is 11.8 Å². The number of esters is 1. The first-order valence-electron chi connectivity index (χ1n) is 11.3. The maximum atomic E-state index is 11.8. The summed E-state index contributed by atoms with van der Waals surface area (Å²) in [7, 11) is 0. The third kappa shape index (κ3) is 5.59. The number of carbonyl (C=O) groups excluding carboxylic acids is 1. The molecule has 0 unspecified atom stereocenters. The molecule has 1 aliphatic rings. The van der Waals surface area contributed by atoms with Crippen LogP contribution in [0.25, 0.3) is 4.91 Å². The Morgan fingerprint density at radius 2 is 1.67 bits per heavy atom. The molecule has 3 aromatic carbocycles. The van der Waals surface area contributed by atoms with Gasteiger partial charge in [0.15, 0.2) is 0 Å². The molecule has 0 saturated carbocycles. The molecule has 0 aromatic heterocycles. The minimum absolute atomic E-state index is 0.112. The Morgan fingerprint density at radius 3 is 2.39 bits per heavy atom. The Bertz CT molecular complexity index is 1230. The van der Waals surface area contributed by atoms with Gasteiger partial charge < -0.3 is 4.74 Å². The maximum absolute atomic E-state index is 11.8. The van der Waals surface area contributed by atoms with Crippen molar-refractivity contribution < 1.29 is 9.53 Å². The van der Waals surface area contributed by atoms with E-state index in [-0.39, 0.29) is 11.4 Å². The number of fused-ring (bicyclic) bond motifs is 1. The van der Waals surface area contributed by atoms with Crippen molar-refractivity contribution in [3.63, 3.8) is 0 Å². The van der Waals surface area contributed by atoms with Crippen LogP contribution in [-0.4, -0.2) is 12.6 Å². The second kappa shape index (κ2) is 10.1. The lowest BCUT2D eigenvalue weighted by Crippen LogP contribution is -2.21. The summed E-state index contributed by atoms with van der Waals surface area (Å²) < 4.78 is 5.04. The molecule has 0 spiro atoms. The van der Waals surface area contributed by atoms with Crippen LogP contribution in [0.15, 0.2) is 78.9 Å². The molecule has 0 N–H and O–H groups in total. The van der Waals surface area contributed by atoms with E-state index < -0.39 is 0 Å². The second-order valence-electron chi connectivity index (χ2n) is 8.74. The summed E-state index contributed by atoms with van der Waals surface area (Å²) >= 11 is 1.89. The van der Waals surface area contributed by atoms with Gasteiger partial charge in [-0.15, -0.1) is 11.8 Å². The van der Waals surface area contributed by atoms with Crippen molar-refractivity contribution in [2.45, 2.75) is 38.4 Å². The standard InChI is InChI=1S/C30H28O2S/c1-4-32-29(31)25-15-12-22(13-16-25)10-11-23-14-17-27-26(20-23)28(18-19-30(27,2)3)33-21-24-8-6-5-7-9-24/h5-9,12-18,20H,4,19,21H2,1-3H3. The van der Waals surface area contributed by atoms with Crippen LogP contribution in [-0.2, 0) is 15.9 Å². The van der Waals surface area contributed by atoms with Gasteiger partial charge in [-0.1, -0.05) is 68.2 Å². The molecular weight excluding hydrogens is 424 g/mol. The lowest BCUT2D eigenvalue weighted by molar-refractivity contribution is 0.0526. The van der Waals surface area contributed by atoms with Crippen LogP contribution in [0.4, 0.5) is 0 Å². The van der Waals surface area contributed by atoms with Crippen LogP contribution < -0.4 is 0 Å². The van der Waals surface area contributed by atoms with Gasteiger partial charge in [-0.3, -0.25) is 0 Å². The molecule has 3 heteroatoms. The first-order chi connectivity index (χ1) is 16.0. The molecule has 166 valence electrons. The van der Waals surface area contributed by atoms with Gasteiger partial charge in [-0.25, -0.2) is 4.79 Å². The number of carbonyl (C=O) groups is 1. The Labute approximate surface area is 201 Å². The molecule has 0 amide bonds. The van der Waals surface area contributed by atoms with Crippen molar-refractivity contribution >= 4 is 22.6 Å². The van der Waals surface area contributed by atoms with E-state index in [1.807, 2.05) is 23.9 Å². The summed E-state index contributed by atoms with van der Waals surface area (Å²) in [5, 5.41) is 0. The van der Waals surface area contributed by atoms with E-state index in [0.29, 0.717) is 12.2 Å². The van der Waals surface area contributed by atoms with Gasteiger partial charge in [0, 0.05) is 21.8 Å². The summed E-state index contributed by atoms with van der Waals surface area (Å²) in [6.45, 7) is 6.78. The quantitative estimate of drug-likeness (QED) is 0.302. The number of allylic oxidation sites excluding steroid dienone is 1. The van der Waals surface area contributed by atoms with Crippen LogP contribution in [0, 0.1) is 11.8 Å². The van der Waals surface area contributed by atoms with Gasteiger partial charge in [-0.2, -0.15) is 0 Å². The maximum Gasteiger partial charge on any atom is 0.338 e. The van der Waals surface area contributed by atoms with E-state index in [1.54, 1.807) is 19.1 Å². The molecule has 1 aliphatic carbocycles. The Morgan fingerprint density at radius 1 is 0.970 bits per heavy atom. The van der Waals surface area contributed by atoms with Crippen molar-refractivity contribution in [1.29, 1.82) is 0 Å². The molecule has 33 heavy (non-hydrogen) atoms. The average molecular weight is 453 g/mol. The fourth-order valence-corrected chi connectivity index (χ4v) is 4.94. The monoisotopic (exact) mass is 452 g/mol. The van der Waals surface area contributed by atoms with Crippen LogP contribution in [0.1, 0.15) is 65.4 Å². The van der Waals surface area contributed by atoms with Gasteiger partial charge >= 0.3 is 5.97 Å². The average Bonchev–Trinajstić information content (AvgIpc) is 2.83. The summed E-state index contributed by atoms with van der Waals surface area (Å²) in [4.78, 5) is 13.2. The second-order valence-corrected chi connectivity index (χ2v) is 9.76. The predicted octanol–water partition coefficient (Wildman–Crippen LogP) is 7.22. The zero-order valence-corrected chi connectivity index (χ0v) is 20.2. The Balaban J connectivity index is 1.56. The molecule has 2 nitrogen and oxygen atoms in total. The molecule has 0 aliphatic heterocycles. The topological polar surface area (TPSA) is 26.3 Å². The van der Waals surface area contributed by atoms with Gasteiger partial charge in [0.1, 0.15) is 0 Å². The molecule has 0 atom stereocenters. The number of benzene rings is 3. The normalized spacial score (nSPS) is 13.8. The Kier molecular flexibility index (Phi) is 7.06. The zero-order valence-electron chi connectivity index (χ0n) is 19.4. The minimum atomic E-state index is -0.304. The van der Waals surface area contributed by atoms with Gasteiger partial charge in [0.05, 0.1) is 12.2 Å². The molecule has 0 fully saturated rings. The van der Waals surface area contributed by atoms with Crippen LogP contribution >= 0.6 is 11.8 Å². The molecule has 0 bridgehead atoms. The number of rotatable bonds is 5. The van der Waals surface area contributed by atoms with E-state index in [0.717, 1.165) is 23.3 Å². The first-order valence-corrected chi connectivity index (χ1v) is 12.3. The minimum Gasteiger partial charge on any atom is -0.462 e. The lowest BCUT2D eigenvalue weighted by atomic mass is 9.75. The van der Waals surface area contributed by atoms with Gasteiger partial charge in [-0.05, 0) is 71.8 Å². The van der Waals surface area contributed by atoms with Crippen molar-refractivity contribution in [3.05, 3.63) is 112 Å². The van der Waals surface area contributed by atoms with Crippen LogP contribution in [0.5, 0.6) is 0 Å². The highest BCUT2D eigenvalue weighted by Gasteiger charge is 2.28. The molecular formula is C30H28O2S. The largest absolute Gasteiger partial charge is 0.462 e. The molecule has 0 radical (unpaired) electrons. The third-order valence-electron chi connectivity index (χ3n) is 5.80. The van der Waals surface area contributed by atoms with Gasteiger partial charge in [0.25, 0.3) is 0 Å². The summed E-state index contributed by atoms with van der Waals surface area (Å²) in [6.07, 6.45) is 3.41. The predicted molar refractivity (Wildman–Crippen MR) is 138 cm³/mol. The van der Waals surface area contributed by atoms with Gasteiger partial charge in [0.2, 0.25) is 0 Å². The van der Waals surface area contributed by atoms with Crippen molar-refractivity contribution in [2.24, 2.45) is 0 Å². The molecule has 0 saturated heterocycles. The van der Waals surface area contributed by atoms with Crippen LogP contribution in [0.3, 0.4) is 0 Å². The Hall–Kier alpha value is -3.22. The molecule has 0 heterocycles. The van der Waals surface area contributed by atoms with Crippen molar-refractivity contribution in [1.82, 2.24) is 0 Å². The smallest absolute Gasteiger partial charge is 0.338 e. The highest BCUT2D eigenvalue weighted by atomic mass is 32.2. The fraction of sp³-hybridized carbons (Fsp3) is 0.233. The van der Waals surface area contributed by atoms with E-state index >= 15 is 0 Å². The van der Waals surface area contributed by atoms with E-state index in [2.05, 4.69) is 80.3 Å². The van der Waals surface area contributed by atoms with Crippen LogP contribution in [0.2, 0.25) is 0 Å². The fourth-order valence-electron chi connectivity index (χ4n) is 3.90. The summed E-state index contributed by atoms with van der Waals surface area (Å²) in [5.41, 5.74) is 6.52. The highest BCUT2D eigenvalue weighted by Crippen LogP contribution is 2.44. The lowest BCUT2D eigenvalue weighted by Gasteiger charge is -2.32. The number of hydrogen-bond acceptors (Lipinski definition) is 3. The first kappa shape index (κ1) is 23.0. The SMILES string of the molecule is CCOC(=O)c1ccc(C#Cc2ccc3c(c2)C(SCc2ccccc2)=CCC3(C)C)cc1. The number of ether oxygens (including phenoxy) is 1. The van der Waals surface area contributed by atoms with E-state index in [4.69, 9.17) is 4.74 Å². The third-order valence-corrected chi connectivity index (χ3v) is 6.97. The summed E-state index contributed by atoms with van der Waals surface area (Å²) in [5.74, 6) is 7.18. The highest BCUT2D eigenvalue weighted by molar-refractivity contribution is 8.07. The van der Waals surface area contributed by atoms with Crippen molar-refractivity contribution in [2.75, 3.05) is 6.61 Å². The summed E-state index contributed by atoms with van der Waals surface area (Å²) in [6, 6.07) is 24.4. The molecule has 3 aromatic rings. The zero-order chi connectivity index (χ0) is 23.3.